The molecule has 0 N–H and O–H groups in total. The van der Waals surface area contributed by atoms with Gasteiger partial charge in [0, 0.05) is 32.5 Å². The fraction of sp³-hybridized carbons (Fsp3) is 0.692. The highest BCUT2D eigenvalue weighted by molar-refractivity contribution is 5.77. The molecule has 2 aliphatic heterocycles. The summed E-state index contributed by atoms with van der Waals surface area (Å²) in [5.41, 5.74) is 5.51. The van der Waals surface area contributed by atoms with Crippen molar-refractivity contribution in [2.75, 3.05) is 24.5 Å². The molecule has 168 valence electrons. The molecule has 5 nitrogen and oxygen atoms in total. The summed E-state index contributed by atoms with van der Waals surface area (Å²) < 4.78 is 6.14. The highest BCUT2D eigenvalue weighted by Crippen LogP contribution is 2.47. The fourth-order valence-electron chi connectivity index (χ4n) is 5.30. The largest absolute Gasteiger partial charge is 0.371 e. The highest BCUT2D eigenvalue weighted by Gasteiger charge is 2.38. The van der Waals surface area contributed by atoms with Gasteiger partial charge < -0.3 is 14.5 Å². The van der Waals surface area contributed by atoms with E-state index in [1.807, 2.05) is 0 Å². The normalized spacial score (nSPS) is 22.9. The number of amides is 1. The van der Waals surface area contributed by atoms with Gasteiger partial charge in [0.1, 0.15) is 6.07 Å². The van der Waals surface area contributed by atoms with Gasteiger partial charge in [-0.15, -0.1) is 0 Å². The second-order valence-electron chi connectivity index (χ2n) is 10.5. The van der Waals surface area contributed by atoms with Gasteiger partial charge in [0.25, 0.3) is 0 Å². The van der Waals surface area contributed by atoms with Crippen molar-refractivity contribution < 1.29 is 9.53 Å². The Balaban J connectivity index is 1.72. The first kappa shape index (κ1) is 22.1. The van der Waals surface area contributed by atoms with Gasteiger partial charge in [-0.25, -0.2) is 0 Å². The summed E-state index contributed by atoms with van der Waals surface area (Å²) in [5.74, 6) is 1.25. The van der Waals surface area contributed by atoms with E-state index < -0.39 is 0 Å². The maximum atomic E-state index is 12.7. The number of nitriles is 1. The van der Waals surface area contributed by atoms with Crippen molar-refractivity contribution in [2.24, 2.45) is 5.92 Å². The number of hydrogen-bond acceptors (Lipinski definition) is 4. The highest BCUT2D eigenvalue weighted by atomic mass is 16.5. The number of anilines is 1. The van der Waals surface area contributed by atoms with Gasteiger partial charge in [0.2, 0.25) is 5.91 Å². The van der Waals surface area contributed by atoms with Crippen LogP contribution in [0.25, 0.3) is 0 Å². The van der Waals surface area contributed by atoms with Gasteiger partial charge >= 0.3 is 0 Å². The van der Waals surface area contributed by atoms with E-state index >= 15 is 0 Å². The Morgan fingerprint density at radius 1 is 1.29 bits per heavy atom. The predicted molar refractivity (Wildman–Crippen MR) is 123 cm³/mol. The molecule has 2 fully saturated rings. The monoisotopic (exact) mass is 423 g/mol. The number of hydrogen-bond donors (Lipinski definition) is 0. The number of ether oxygens (including phenoxy) is 1. The summed E-state index contributed by atoms with van der Waals surface area (Å²) in [6.45, 7) is 13.6. The van der Waals surface area contributed by atoms with E-state index in [-0.39, 0.29) is 17.6 Å². The second kappa shape index (κ2) is 8.47. The van der Waals surface area contributed by atoms with Crippen molar-refractivity contribution in [3.63, 3.8) is 0 Å². The maximum absolute atomic E-state index is 12.7. The average molecular weight is 424 g/mol. The minimum Gasteiger partial charge on any atom is -0.371 e. The number of carbonyl (C=O) groups is 1. The Kier molecular flexibility index (Phi) is 6.05. The summed E-state index contributed by atoms with van der Waals surface area (Å²) >= 11 is 0. The molecular formula is C26H37N3O2. The summed E-state index contributed by atoms with van der Waals surface area (Å²) in [6, 6.07) is 5.04. The van der Waals surface area contributed by atoms with Crippen LogP contribution in [0.3, 0.4) is 0 Å². The van der Waals surface area contributed by atoms with Crippen LogP contribution in [0.1, 0.15) is 88.5 Å². The zero-order valence-corrected chi connectivity index (χ0v) is 19.8. The van der Waals surface area contributed by atoms with E-state index in [9.17, 15) is 10.1 Å². The minimum absolute atomic E-state index is 0.180. The predicted octanol–water partition coefficient (Wildman–Crippen LogP) is 4.76. The molecule has 0 unspecified atom stereocenters. The molecule has 31 heavy (non-hydrogen) atoms. The topological polar surface area (TPSA) is 56.6 Å². The van der Waals surface area contributed by atoms with Crippen LogP contribution in [0.4, 0.5) is 5.69 Å². The molecule has 2 heterocycles. The molecule has 3 aliphatic rings. The molecule has 1 aliphatic carbocycles. The fourth-order valence-corrected chi connectivity index (χ4v) is 5.30. The molecule has 0 bridgehead atoms. The molecular weight excluding hydrogens is 386 g/mol. The van der Waals surface area contributed by atoms with Crippen LogP contribution < -0.4 is 4.90 Å². The third-order valence-corrected chi connectivity index (χ3v) is 7.21. The summed E-state index contributed by atoms with van der Waals surface area (Å²) in [4.78, 5) is 17.2. The van der Waals surface area contributed by atoms with Gasteiger partial charge in [-0.05, 0) is 67.7 Å². The third kappa shape index (κ3) is 4.32. The maximum Gasteiger partial charge on any atom is 0.222 e. The van der Waals surface area contributed by atoms with Crippen LogP contribution in [0.2, 0.25) is 0 Å². The smallest absolute Gasteiger partial charge is 0.222 e. The molecule has 1 saturated carbocycles. The minimum atomic E-state index is -0.246. The number of nitrogens with zero attached hydrogens (tertiary/aromatic N) is 3. The van der Waals surface area contributed by atoms with Crippen LogP contribution in [0.5, 0.6) is 0 Å². The molecule has 4 rings (SSSR count). The summed E-state index contributed by atoms with van der Waals surface area (Å²) in [7, 11) is 0. The second-order valence-corrected chi connectivity index (χ2v) is 10.5. The van der Waals surface area contributed by atoms with E-state index in [4.69, 9.17) is 4.74 Å². The van der Waals surface area contributed by atoms with Gasteiger partial charge in [-0.1, -0.05) is 20.8 Å². The molecule has 0 spiro atoms. The van der Waals surface area contributed by atoms with Crippen LogP contribution in [-0.2, 0) is 22.6 Å². The lowest BCUT2D eigenvalue weighted by atomic mass is 9.83. The number of fused-ring (bicyclic) bond motifs is 1. The van der Waals surface area contributed by atoms with Gasteiger partial charge in [0.05, 0.1) is 29.5 Å². The lowest BCUT2D eigenvalue weighted by Gasteiger charge is -2.45. The van der Waals surface area contributed by atoms with E-state index in [1.165, 1.54) is 29.5 Å². The molecule has 1 aromatic rings. The first-order valence-corrected chi connectivity index (χ1v) is 12.0. The van der Waals surface area contributed by atoms with Crippen LogP contribution in [0, 0.1) is 17.2 Å². The number of carbonyl (C=O) groups excluding carboxylic acids is 1. The Labute approximate surface area is 187 Å². The standard InChI is InChI=1S/C26H37N3O2/c1-6-7-25(30)29-11-10-28(15-24(29)17(2)3)23-12-19(18-8-9-18)22-16-31-26(4,5)13-20(22)21(23)14-27/h12,17-18,24H,6-11,13,15-16H2,1-5H3/t24-/m0/s1. The van der Waals surface area contributed by atoms with Gasteiger partial charge in [-0.3, -0.25) is 4.79 Å². The molecule has 1 atom stereocenters. The average Bonchev–Trinajstić information content (AvgIpc) is 3.56. The molecule has 1 saturated heterocycles. The Hall–Kier alpha value is -2.06. The van der Waals surface area contributed by atoms with Crippen LogP contribution >= 0.6 is 0 Å². The quantitative estimate of drug-likeness (QED) is 0.685. The zero-order chi connectivity index (χ0) is 22.3. The van der Waals surface area contributed by atoms with Crippen molar-refractivity contribution >= 4 is 11.6 Å². The number of benzene rings is 1. The number of piperazine rings is 1. The van der Waals surface area contributed by atoms with Crippen LogP contribution in [-0.4, -0.2) is 42.1 Å². The van der Waals surface area contributed by atoms with Crippen molar-refractivity contribution in [3.05, 3.63) is 28.3 Å². The molecule has 1 aromatic carbocycles. The van der Waals surface area contributed by atoms with Crippen molar-refractivity contribution in [3.8, 4) is 6.07 Å². The molecule has 0 radical (unpaired) electrons. The Morgan fingerprint density at radius 3 is 2.65 bits per heavy atom. The zero-order valence-electron chi connectivity index (χ0n) is 19.8. The Bertz CT molecular complexity index is 895. The van der Waals surface area contributed by atoms with Crippen molar-refractivity contribution in [1.29, 1.82) is 5.26 Å². The lowest BCUT2D eigenvalue weighted by molar-refractivity contribution is -0.135. The molecule has 5 heteroatoms. The van der Waals surface area contributed by atoms with E-state index in [2.05, 4.69) is 56.6 Å². The first-order valence-electron chi connectivity index (χ1n) is 12.0. The van der Waals surface area contributed by atoms with E-state index in [0.29, 0.717) is 24.9 Å². The lowest BCUT2D eigenvalue weighted by Crippen LogP contribution is -2.57. The van der Waals surface area contributed by atoms with Crippen LogP contribution in [0.15, 0.2) is 6.07 Å². The first-order chi connectivity index (χ1) is 14.8. The summed E-state index contributed by atoms with van der Waals surface area (Å²) in [6.07, 6.45) is 4.74. The van der Waals surface area contributed by atoms with E-state index in [0.717, 1.165) is 43.7 Å². The number of rotatable bonds is 5. The van der Waals surface area contributed by atoms with Gasteiger partial charge in [0.15, 0.2) is 0 Å². The molecule has 0 aromatic heterocycles. The SMILES string of the molecule is CCCC(=O)N1CCN(c2cc(C3CC3)c3c(c2C#N)CC(C)(C)OC3)C[C@H]1C(C)C. The third-order valence-electron chi connectivity index (χ3n) is 7.21. The van der Waals surface area contributed by atoms with Crippen molar-refractivity contribution in [1.82, 2.24) is 4.90 Å². The Morgan fingerprint density at radius 2 is 2.03 bits per heavy atom. The van der Waals surface area contributed by atoms with Crippen molar-refractivity contribution in [2.45, 2.75) is 90.9 Å². The van der Waals surface area contributed by atoms with E-state index in [1.54, 1.807) is 0 Å². The molecule has 1 amide bonds. The summed E-state index contributed by atoms with van der Waals surface area (Å²) in [5, 5.41) is 10.2. The van der Waals surface area contributed by atoms with Gasteiger partial charge in [-0.2, -0.15) is 5.26 Å².